The van der Waals surface area contributed by atoms with Crippen molar-refractivity contribution in [1.82, 2.24) is 19.7 Å². The Balaban J connectivity index is 1.50. The first-order chi connectivity index (χ1) is 16.7. The van der Waals surface area contributed by atoms with Crippen LogP contribution in [0.1, 0.15) is 40.2 Å². The molecule has 0 saturated heterocycles. The Labute approximate surface area is 202 Å². The van der Waals surface area contributed by atoms with E-state index < -0.39 is 28.1 Å². The van der Waals surface area contributed by atoms with Gasteiger partial charge in [0.05, 0.1) is 37.1 Å². The van der Waals surface area contributed by atoms with Crippen molar-refractivity contribution < 1.29 is 27.6 Å². The van der Waals surface area contributed by atoms with Gasteiger partial charge in [-0.1, -0.05) is 30.3 Å². The van der Waals surface area contributed by atoms with Crippen molar-refractivity contribution >= 4 is 21.9 Å². The van der Waals surface area contributed by atoms with Crippen molar-refractivity contribution in [2.45, 2.75) is 38.1 Å². The minimum absolute atomic E-state index is 0.133. The zero-order chi connectivity index (χ0) is 25.0. The molecule has 12 nitrogen and oxygen atoms in total. The number of hydrogen-bond acceptors (Lipinski definition) is 10. The molecule has 3 aromatic rings. The first-order valence-electron chi connectivity index (χ1n) is 10.9. The molecule has 0 aliphatic heterocycles. The van der Waals surface area contributed by atoms with Gasteiger partial charge in [-0.05, 0) is 24.5 Å². The molecular weight excluding hydrogens is 476 g/mol. The van der Waals surface area contributed by atoms with Gasteiger partial charge in [0, 0.05) is 18.2 Å². The van der Waals surface area contributed by atoms with Gasteiger partial charge in [-0.25, -0.2) is 15.1 Å². The molecule has 0 spiro atoms. The summed E-state index contributed by atoms with van der Waals surface area (Å²) in [5.74, 6) is -0.617. The van der Waals surface area contributed by atoms with E-state index in [0.717, 1.165) is 5.56 Å². The summed E-state index contributed by atoms with van der Waals surface area (Å²) in [5.41, 5.74) is 1.77. The number of aliphatic hydroxyl groups is 2. The van der Waals surface area contributed by atoms with Crippen LogP contribution in [0, 0.1) is 5.92 Å². The molecule has 0 amide bonds. The van der Waals surface area contributed by atoms with Gasteiger partial charge < -0.3 is 15.5 Å². The molecule has 13 heteroatoms. The van der Waals surface area contributed by atoms with Crippen LogP contribution >= 0.6 is 0 Å². The Bertz CT molecular complexity index is 1280. The highest BCUT2D eigenvalue weighted by Gasteiger charge is 2.35. The van der Waals surface area contributed by atoms with Gasteiger partial charge in [0.15, 0.2) is 0 Å². The van der Waals surface area contributed by atoms with Crippen LogP contribution in [0.25, 0.3) is 0 Å². The van der Waals surface area contributed by atoms with E-state index in [4.69, 9.17) is 5.14 Å². The number of aromatic nitrogens is 4. The maximum atomic E-state index is 13.3. The molecule has 1 saturated carbocycles. The summed E-state index contributed by atoms with van der Waals surface area (Å²) in [6.45, 7) is -0.135. The Kier molecular flexibility index (Phi) is 7.52. The first kappa shape index (κ1) is 24.9. The summed E-state index contributed by atoms with van der Waals surface area (Å²) in [5, 5.41) is 32.4. The predicted molar refractivity (Wildman–Crippen MR) is 124 cm³/mol. The summed E-state index contributed by atoms with van der Waals surface area (Å²) >= 11 is 0. The topological polar surface area (TPSA) is 183 Å². The summed E-state index contributed by atoms with van der Waals surface area (Å²) in [6.07, 6.45) is 2.54. The minimum Gasteiger partial charge on any atom is -0.393 e. The van der Waals surface area contributed by atoms with E-state index >= 15 is 0 Å². The molecule has 5 N–H and O–H groups in total. The van der Waals surface area contributed by atoms with Crippen LogP contribution < -0.4 is 10.5 Å². The van der Waals surface area contributed by atoms with Gasteiger partial charge in [-0.2, -0.15) is 13.5 Å². The number of benzene rings is 1. The Morgan fingerprint density at radius 3 is 2.74 bits per heavy atom. The highest BCUT2D eigenvalue weighted by molar-refractivity contribution is 7.84. The van der Waals surface area contributed by atoms with Gasteiger partial charge in [0.2, 0.25) is 5.78 Å². The zero-order valence-electron chi connectivity index (χ0n) is 18.7. The molecule has 1 aliphatic rings. The van der Waals surface area contributed by atoms with Crippen molar-refractivity contribution in [2.75, 3.05) is 11.9 Å². The molecule has 35 heavy (non-hydrogen) atoms. The molecule has 4 rings (SSSR count). The fourth-order valence-corrected chi connectivity index (χ4v) is 4.48. The number of anilines is 1. The number of carbonyl (C=O) groups excluding carboxylic acids is 1. The lowest BCUT2D eigenvalue weighted by Crippen LogP contribution is -2.24. The predicted octanol–water partition coefficient (Wildman–Crippen LogP) is 0.216. The average molecular weight is 503 g/mol. The van der Waals surface area contributed by atoms with Crippen molar-refractivity contribution in [3.63, 3.8) is 0 Å². The normalized spacial score (nSPS) is 20.1. The molecule has 1 fully saturated rings. The molecular formula is C22H26N6O6S. The van der Waals surface area contributed by atoms with Gasteiger partial charge in [0.1, 0.15) is 17.8 Å². The molecule has 1 aliphatic carbocycles. The summed E-state index contributed by atoms with van der Waals surface area (Å²) in [7, 11) is -4.11. The second kappa shape index (κ2) is 10.6. The lowest BCUT2D eigenvalue weighted by atomic mass is 10.1. The number of carbonyl (C=O) groups is 1. The Hall–Kier alpha value is -3.23. The Morgan fingerprint density at radius 1 is 1.26 bits per heavy atom. The fraction of sp³-hybridized carbons (Fsp3) is 0.364. The number of hydrogen-bond donors (Lipinski definition) is 4. The minimum atomic E-state index is -4.11. The third-order valence-electron chi connectivity index (χ3n) is 5.83. The van der Waals surface area contributed by atoms with Crippen molar-refractivity contribution in [3.8, 4) is 0 Å². The zero-order valence-corrected chi connectivity index (χ0v) is 19.5. The number of ketones is 1. The van der Waals surface area contributed by atoms with Crippen LogP contribution in [0.5, 0.6) is 0 Å². The van der Waals surface area contributed by atoms with Gasteiger partial charge in [-0.3, -0.25) is 13.7 Å². The first-order valence-corrected chi connectivity index (χ1v) is 12.4. The molecule has 2 aromatic heterocycles. The summed E-state index contributed by atoms with van der Waals surface area (Å²) in [4.78, 5) is 21.4. The van der Waals surface area contributed by atoms with Gasteiger partial charge in [0.25, 0.3) is 0 Å². The van der Waals surface area contributed by atoms with Crippen LogP contribution in [0.15, 0.2) is 48.9 Å². The third-order valence-corrected chi connectivity index (χ3v) is 6.30. The van der Waals surface area contributed by atoms with E-state index in [1.54, 1.807) is 4.68 Å². The standard InChI is InChI=1S/C22H26N6O6S/c23-35(32,33)34-12-15-6-16(7-20(15)30)26-22-18(9-24-13-25-22)21(31)19-8-17(11-29)28(27-19)10-14-4-2-1-3-5-14/h1-5,8-9,13,15-16,20,29-30H,6-7,10-12H2,(H2,23,32,33)(H,24,25,26). The SMILES string of the molecule is NS(=O)(=O)OCC1CC(Nc2ncncc2C(=O)c2cc(CO)n(Cc3ccccc3)n2)CC1O. The lowest BCUT2D eigenvalue weighted by Gasteiger charge is -2.15. The number of rotatable bonds is 10. The second-order valence-corrected chi connectivity index (χ2v) is 9.58. The van der Waals surface area contributed by atoms with E-state index in [2.05, 4.69) is 24.6 Å². The number of aliphatic hydroxyl groups excluding tert-OH is 2. The van der Waals surface area contributed by atoms with Crippen LogP contribution in [-0.4, -0.2) is 62.9 Å². The summed E-state index contributed by atoms with van der Waals surface area (Å²) in [6, 6.07) is 10.8. The third kappa shape index (κ3) is 6.26. The van der Waals surface area contributed by atoms with E-state index in [-0.39, 0.29) is 36.3 Å². The highest BCUT2D eigenvalue weighted by Crippen LogP contribution is 2.30. The maximum absolute atomic E-state index is 13.3. The second-order valence-electron chi connectivity index (χ2n) is 8.35. The fourth-order valence-electron chi connectivity index (χ4n) is 4.11. The monoisotopic (exact) mass is 502 g/mol. The average Bonchev–Trinajstić information content (AvgIpc) is 3.40. The van der Waals surface area contributed by atoms with Gasteiger partial charge >= 0.3 is 10.3 Å². The number of nitrogens with one attached hydrogen (secondary N) is 1. The number of nitrogens with zero attached hydrogens (tertiary/aromatic N) is 4. The Morgan fingerprint density at radius 2 is 2.03 bits per heavy atom. The van der Waals surface area contributed by atoms with E-state index in [1.165, 1.54) is 18.6 Å². The molecule has 1 aromatic carbocycles. The van der Waals surface area contributed by atoms with E-state index in [9.17, 15) is 23.4 Å². The molecule has 2 heterocycles. The van der Waals surface area contributed by atoms with E-state index in [0.29, 0.717) is 25.1 Å². The van der Waals surface area contributed by atoms with Crippen LogP contribution in [-0.2, 0) is 27.6 Å². The van der Waals surface area contributed by atoms with E-state index in [1.807, 2.05) is 30.3 Å². The smallest absolute Gasteiger partial charge is 0.333 e. The van der Waals surface area contributed by atoms with Crippen molar-refractivity contribution in [2.24, 2.45) is 11.1 Å². The van der Waals surface area contributed by atoms with Crippen LogP contribution in [0.2, 0.25) is 0 Å². The molecule has 0 radical (unpaired) electrons. The van der Waals surface area contributed by atoms with Crippen LogP contribution in [0.3, 0.4) is 0 Å². The summed E-state index contributed by atoms with van der Waals surface area (Å²) < 4.78 is 28.3. The molecule has 3 unspecified atom stereocenters. The van der Waals surface area contributed by atoms with Crippen LogP contribution in [0.4, 0.5) is 5.82 Å². The van der Waals surface area contributed by atoms with Crippen molar-refractivity contribution in [1.29, 1.82) is 0 Å². The molecule has 186 valence electrons. The quantitative estimate of drug-likeness (QED) is 0.280. The lowest BCUT2D eigenvalue weighted by molar-refractivity contribution is 0.101. The molecule has 3 atom stereocenters. The largest absolute Gasteiger partial charge is 0.393 e. The number of nitrogens with two attached hydrogens (primary N) is 1. The van der Waals surface area contributed by atoms with Gasteiger partial charge in [-0.15, -0.1) is 0 Å². The molecule has 0 bridgehead atoms. The van der Waals surface area contributed by atoms with Crippen molar-refractivity contribution in [3.05, 3.63) is 71.4 Å². The highest BCUT2D eigenvalue weighted by atomic mass is 32.2. The maximum Gasteiger partial charge on any atom is 0.333 e.